The first-order valence-electron chi connectivity index (χ1n) is 8.36. The Hall–Kier alpha value is -0.920. The molecule has 0 aliphatic carbocycles. The summed E-state index contributed by atoms with van der Waals surface area (Å²) in [5, 5.41) is 0. The molecule has 1 fully saturated rings. The lowest BCUT2D eigenvalue weighted by atomic mass is 9.96. The van der Waals surface area contributed by atoms with Crippen LogP contribution in [-0.4, -0.2) is 37.4 Å². The molecular formula is C17H25BrN2O3S. The Balaban J connectivity index is 2.18. The third-order valence-electron chi connectivity index (χ3n) is 4.58. The highest BCUT2D eigenvalue weighted by Crippen LogP contribution is 2.24. The quantitative estimate of drug-likeness (QED) is 0.800. The number of hydrogen-bond acceptors (Lipinski definition) is 3. The van der Waals surface area contributed by atoms with Gasteiger partial charge in [-0.2, -0.15) is 4.72 Å². The maximum Gasteiger partial charge on any atom is 0.241 e. The standard InChI is InChI=1S/C17H25BrN2O3S/c1-4-16(17(21)20-12(2)6-5-7-13(20)3)19-24(22,23)15-10-8-14(18)9-11-15/h8-13,16,19H,4-7H2,1-3H3. The second-order valence-corrected chi connectivity index (χ2v) is 9.04. The summed E-state index contributed by atoms with van der Waals surface area (Å²) in [6, 6.07) is 5.95. The first-order valence-corrected chi connectivity index (χ1v) is 10.6. The molecule has 0 aromatic heterocycles. The van der Waals surface area contributed by atoms with Gasteiger partial charge in [0.05, 0.1) is 4.90 Å². The minimum Gasteiger partial charge on any atom is -0.336 e. The number of nitrogens with zero attached hydrogens (tertiary/aromatic N) is 1. The van der Waals surface area contributed by atoms with Crippen molar-refractivity contribution in [3.05, 3.63) is 28.7 Å². The van der Waals surface area contributed by atoms with Gasteiger partial charge in [-0.15, -0.1) is 0 Å². The Kier molecular flexibility index (Phi) is 6.45. The molecule has 1 aliphatic rings. The van der Waals surface area contributed by atoms with Gasteiger partial charge in [-0.25, -0.2) is 8.42 Å². The number of nitrogens with one attached hydrogen (secondary N) is 1. The van der Waals surface area contributed by atoms with Crippen molar-refractivity contribution in [3.63, 3.8) is 0 Å². The number of sulfonamides is 1. The smallest absolute Gasteiger partial charge is 0.241 e. The number of carbonyl (C=O) groups is 1. The molecule has 5 nitrogen and oxygen atoms in total. The van der Waals surface area contributed by atoms with Crippen molar-refractivity contribution in [2.24, 2.45) is 0 Å². The van der Waals surface area contributed by atoms with E-state index in [0.717, 1.165) is 23.7 Å². The molecule has 0 saturated carbocycles. The van der Waals surface area contributed by atoms with Gasteiger partial charge in [-0.05, 0) is 63.8 Å². The summed E-state index contributed by atoms with van der Waals surface area (Å²) in [6.45, 7) is 5.89. The lowest BCUT2D eigenvalue weighted by Crippen LogP contribution is -2.55. The SMILES string of the molecule is CCC(NS(=O)(=O)c1ccc(Br)cc1)C(=O)N1C(C)CCCC1C. The van der Waals surface area contributed by atoms with Crippen molar-refractivity contribution >= 4 is 31.9 Å². The van der Waals surface area contributed by atoms with Crippen molar-refractivity contribution in [3.8, 4) is 0 Å². The van der Waals surface area contributed by atoms with Gasteiger partial charge < -0.3 is 4.90 Å². The van der Waals surface area contributed by atoms with Crippen LogP contribution in [0.3, 0.4) is 0 Å². The Labute approximate surface area is 153 Å². The van der Waals surface area contributed by atoms with E-state index in [2.05, 4.69) is 20.7 Å². The molecule has 0 spiro atoms. The van der Waals surface area contributed by atoms with Gasteiger partial charge in [0.15, 0.2) is 0 Å². The topological polar surface area (TPSA) is 66.5 Å². The van der Waals surface area contributed by atoms with Crippen LogP contribution in [0.15, 0.2) is 33.6 Å². The number of benzene rings is 1. The van der Waals surface area contributed by atoms with Gasteiger partial charge in [0.25, 0.3) is 0 Å². The number of rotatable bonds is 5. The molecule has 3 atom stereocenters. The molecule has 7 heteroatoms. The van der Waals surface area contributed by atoms with Gasteiger partial charge in [-0.1, -0.05) is 22.9 Å². The van der Waals surface area contributed by atoms with Crippen molar-refractivity contribution in [2.45, 2.75) is 69.5 Å². The average Bonchev–Trinajstić information content (AvgIpc) is 2.52. The van der Waals surface area contributed by atoms with E-state index in [9.17, 15) is 13.2 Å². The van der Waals surface area contributed by atoms with Crippen molar-refractivity contribution in [2.75, 3.05) is 0 Å². The molecule has 1 heterocycles. The second-order valence-electron chi connectivity index (χ2n) is 6.41. The fourth-order valence-corrected chi connectivity index (χ4v) is 4.75. The highest BCUT2D eigenvalue weighted by atomic mass is 79.9. The summed E-state index contributed by atoms with van der Waals surface area (Å²) >= 11 is 3.29. The lowest BCUT2D eigenvalue weighted by Gasteiger charge is -2.40. The highest BCUT2D eigenvalue weighted by Gasteiger charge is 2.34. The van der Waals surface area contributed by atoms with Crippen LogP contribution in [0.4, 0.5) is 0 Å². The highest BCUT2D eigenvalue weighted by molar-refractivity contribution is 9.10. The molecule has 24 heavy (non-hydrogen) atoms. The van der Waals surface area contributed by atoms with E-state index in [0.29, 0.717) is 6.42 Å². The monoisotopic (exact) mass is 416 g/mol. The minimum absolute atomic E-state index is 0.127. The van der Waals surface area contributed by atoms with Crippen LogP contribution in [0.1, 0.15) is 46.5 Å². The summed E-state index contributed by atoms with van der Waals surface area (Å²) in [6.07, 6.45) is 3.45. The normalized spacial score (nSPS) is 23.1. The molecule has 1 aromatic rings. The molecule has 1 saturated heterocycles. The Morgan fingerprint density at radius 1 is 1.25 bits per heavy atom. The van der Waals surface area contributed by atoms with Gasteiger partial charge in [-0.3, -0.25) is 4.79 Å². The van der Waals surface area contributed by atoms with E-state index < -0.39 is 16.1 Å². The van der Waals surface area contributed by atoms with E-state index in [1.165, 1.54) is 12.1 Å². The Morgan fingerprint density at radius 3 is 2.29 bits per heavy atom. The van der Waals surface area contributed by atoms with Crippen LogP contribution in [0.2, 0.25) is 0 Å². The van der Waals surface area contributed by atoms with Crippen LogP contribution in [0.5, 0.6) is 0 Å². The number of likely N-dealkylation sites (tertiary alicyclic amines) is 1. The molecule has 0 radical (unpaired) electrons. The third-order valence-corrected chi connectivity index (χ3v) is 6.59. The summed E-state index contributed by atoms with van der Waals surface area (Å²) in [5.41, 5.74) is 0. The zero-order valence-electron chi connectivity index (χ0n) is 14.3. The average molecular weight is 417 g/mol. The first-order chi connectivity index (χ1) is 11.3. The van der Waals surface area contributed by atoms with Crippen molar-refractivity contribution in [1.29, 1.82) is 0 Å². The molecular weight excluding hydrogens is 392 g/mol. The fourth-order valence-electron chi connectivity index (χ4n) is 3.21. The van der Waals surface area contributed by atoms with Crippen LogP contribution < -0.4 is 4.72 Å². The van der Waals surface area contributed by atoms with Crippen molar-refractivity contribution < 1.29 is 13.2 Å². The number of halogens is 1. The van der Waals surface area contributed by atoms with Gasteiger partial charge in [0.2, 0.25) is 15.9 Å². The summed E-state index contributed by atoms with van der Waals surface area (Å²) in [4.78, 5) is 14.9. The summed E-state index contributed by atoms with van der Waals surface area (Å²) in [7, 11) is -3.73. The van der Waals surface area contributed by atoms with E-state index in [1.54, 1.807) is 12.1 Å². The predicted molar refractivity (Wildman–Crippen MR) is 98.2 cm³/mol. The maximum atomic E-state index is 12.9. The largest absolute Gasteiger partial charge is 0.336 e. The lowest BCUT2D eigenvalue weighted by molar-refractivity contribution is -0.139. The third kappa shape index (κ3) is 4.37. The van der Waals surface area contributed by atoms with Gasteiger partial charge in [0, 0.05) is 16.6 Å². The van der Waals surface area contributed by atoms with E-state index in [1.807, 2.05) is 25.7 Å². The zero-order valence-corrected chi connectivity index (χ0v) is 16.7. The molecule has 0 bridgehead atoms. The van der Waals surface area contributed by atoms with Gasteiger partial charge in [0.1, 0.15) is 6.04 Å². The number of carbonyl (C=O) groups excluding carboxylic acids is 1. The van der Waals surface area contributed by atoms with Crippen LogP contribution >= 0.6 is 15.9 Å². The van der Waals surface area contributed by atoms with Crippen LogP contribution in [0, 0.1) is 0 Å². The second kappa shape index (κ2) is 7.97. The summed E-state index contributed by atoms with van der Waals surface area (Å²) in [5.74, 6) is -0.127. The zero-order chi connectivity index (χ0) is 17.9. The molecule has 1 amide bonds. The van der Waals surface area contributed by atoms with E-state index in [-0.39, 0.29) is 22.9 Å². The number of amides is 1. The fraction of sp³-hybridized carbons (Fsp3) is 0.588. The molecule has 2 rings (SSSR count). The number of hydrogen-bond donors (Lipinski definition) is 1. The van der Waals surface area contributed by atoms with E-state index in [4.69, 9.17) is 0 Å². The first kappa shape index (κ1) is 19.4. The molecule has 3 unspecified atom stereocenters. The van der Waals surface area contributed by atoms with Crippen molar-refractivity contribution in [1.82, 2.24) is 9.62 Å². The molecule has 1 N–H and O–H groups in total. The van der Waals surface area contributed by atoms with Crippen LogP contribution in [-0.2, 0) is 14.8 Å². The predicted octanol–water partition coefficient (Wildman–Crippen LogP) is 3.30. The molecule has 1 aliphatic heterocycles. The molecule has 1 aromatic carbocycles. The minimum atomic E-state index is -3.73. The van der Waals surface area contributed by atoms with Crippen LogP contribution in [0.25, 0.3) is 0 Å². The summed E-state index contributed by atoms with van der Waals surface area (Å²) < 4.78 is 28.5. The molecule has 134 valence electrons. The number of piperidine rings is 1. The Morgan fingerprint density at radius 2 is 1.79 bits per heavy atom. The maximum absolute atomic E-state index is 12.9. The van der Waals surface area contributed by atoms with Gasteiger partial charge >= 0.3 is 0 Å². The Bertz CT molecular complexity index is 666. The van der Waals surface area contributed by atoms with E-state index >= 15 is 0 Å².